The van der Waals surface area contributed by atoms with E-state index in [0.717, 1.165) is 19.3 Å². The van der Waals surface area contributed by atoms with Gasteiger partial charge in [-0.1, -0.05) is 0 Å². The first-order chi connectivity index (χ1) is 6.27. The first-order valence-corrected chi connectivity index (χ1v) is 4.65. The molecule has 0 spiro atoms. The predicted molar refractivity (Wildman–Crippen MR) is 44.0 cm³/mol. The van der Waals surface area contributed by atoms with E-state index >= 15 is 0 Å². The molecule has 2 rings (SSSR count). The lowest BCUT2D eigenvalue weighted by molar-refractivity contribution is -0.235. The van der Waals surface area contributed by atoms with E-state index in [2.05, 4.69) is 0 Å². The van der Waals surface area contributed by atoms with Crippen molar-refractivity contribution >= 4 is 5.97 Å². The molecule has 0 radical (unpaired) electrons. The van der Waals surface area contributed by atoms with Crippen LogP contribution in [-0.2, 0) is 19.0 Å². The lowest BCUT2D eigenvalue weighted by Gasteiger charge is -2.29. The molecule has 0 amide bonds. The molecule has 0 aliphatic carbocycles. The number of hydrogen-bond donors (Lipinski definition) is 0. The Morgan fingerprint density at radius 3 is 3.15 bits per heavy atom. The Bertz CT molecular complexity index is 216. The van der Waals surface area contributed by atoms with E-state index in [4.69, 9.17) is 14.2 Å². The summed E-state index contributed by atoms with van der Waals surface area (Å²) in [5.41, 5.74) is 0. The van der Waals surface area contributed by atoms with E-state index in [1.54, 1.807) is 7.11 Å². The summed E-state index contributed by atoms with van der Waals surface area (Å²) in [6.45, 7) is 0.701. The summed E-state index contributed by atoms with van der Waals surface area (Å²) >= 11 is 0. The summed E-state index contributed by atoms with van der Waals surface area (Å²) in [5, 5.41) is 0. The average molecular weight is 186 g/mol. The van der Waals surface area contributed by atoms with Crippen LogP contribution in [0.3, 0.4) is 0 Å². The van der Waals surface area contributed by atoms with Crippen LogP contribution in [0, 0.1) is 0 Å². The van der Waals surface area contributed by atoms with Gasteiger partial charge in [-0.15, -0.1) is 0 Å². The molecule has 2 atom stereocenters. The van der Waals surface area contributed by atoms with Crippen molar-refractivity contribution in [3.63, 3.8) is 0 Å². The lowest BCUT2D eigenvalue weighted by Crippen LogP contribution is -2.41. The lowest BCUT2D eigenvalue weighted by atomic mass is 10.0. The molecule has 4 nitrogen and oxygen atoms in total. The van der Waals surface area contributed by atoms with Crippen LogP contribution in [0.4, 0.5) is 0 Å². The fourth-order valence-corrected chi connectivity index (χ4v) is 1.98. The predicted octanol–water partition coefficient (Wildman–Crippen LogP) is 0.845. The first-order valence-electron chi connectivity index (χ1n) is 4.65. The van der Waals surface area contributed by atoms with Gasteiger partial charge in [0.1, 0.15) is 6.10 Å². The average Bonchev–Trinajstić information content (AvgIpc) is 2.30. The van der Waals surface area contributed by atoms with Gasteiger partial charge in [0, 0.05) is 20.1 Å². The molecule has 2 unspecified atom stereocenters. The van der Waals surface area contributed by atoms with Gasteiger partial charge in [0.15, 0.2) is 0 Å². The molecule has 2 saturated heterocycles. The van der Waals surface area contributed by atoms with Crippen LogP contribution < -0.4 is 0 Å². The van der Waals surface area contributed by atoms with Gasteiger partial charge in [-0.3, -0.25) is 4.79 Å². The second-order valence-corrected chi connectivity index (χ2v) is 3.51. The Morgan fingerprint density at radius 1 is 1.54 bits per heavy atom. The highest BCUT2D eigenvalue weighted by atomic mass is 16.7. The van der Waals surface area contributed by atoms with Gasteiger partial charge in [-0.25, -0.2) is 0 Å². The molecule has 74 valence electrons. The quantitative estimate of drug-likeness (QED) is 0.569. The number of carbonyl (C=O) groups is 1. The molecule has 13 heavy (non-hydrogen) atoms. The zero-order chi connectivity index (χ0) is 9.31. The van der Waals surface area contributed by atoms with Crippen LogP contribution in [0.25, 0.3) is 0 Å². The summed E-state index contributed by atoms with van der Waals surface area (Å²) in [6.07, 6.45) is 2.87. The van der Waals surface area contributed by atoms with E-state index in [1.165, 1.54) is 0 Å². The Balaban J connectivity index is 2.18. The van der Waals surface area contributed by atoms with Gasteiger partial charge < -0.3 is 14.2 Å². The summed E-state index contributed by atoms with van der Waals surface area (Å²) in [5.74, 6) is -0.998. The maximum absolute atomic E-state index is 11.1. The fourth-order valence-electron chi connectivity index (χ4n) is 1.98. The van der Waals surface area contributed by atoms with Crippen molar-refractivity contribution in [2.75, 3.05) is 13.7 Å². The minimum Gasteiger partial charge on any atom is -0.430 e. The Labute approximate surface area is 77.1 Å². The molecular formula is C9H14O4. The number of esters is 1. The van der Waals surface area contributed by atoms with Crippen molar-refractivity contribution in [2.45, 2.75) is 37.6 Å². The van der Waals surface area contributed by atoms with Crippen molar-refractivity contribution in [3.8, 4) is 0 Å². The van der Waals surface area contributed by atoms with Crippen LogP contribution in [0.2, 0.25) is 0 Å². The van der Waals surface area contributed by atoms with Crippen molar-refractivity contribution in [2.24, 2.45) is 0 Å². The molecule has 2 fully saturated rings. The molecular weight excluding hydrogens is 172 g/mol. The molecule has 2 aliphatic heterocycles. The van der Waals surface area contributed by atoms with E-state index in [0.29, 0.717) is 13.0 Å². The van der Waals surface area contributed by atoms with Crippen LogP contribution in [0.5, 0.6) is 0 Å². The van der Waals surface area contributed by atoms with Gasteiger partial charge in [0.2, 0.25) is 5.79 Å². The minimum atomic E-state index is -0.784. The van der Waals surface area contributed by atoms with Crippen molar-refractivity contribution in [3.05, 3.63) is 0 Å². The number of carbonyl (C=O) groups excluding carboxylic acids is 1. The smallest absolute Gasteiger partial charge is 0.311 e. The topological polar surface area (TPSA) is 44.8 Å². The zero-order valence-corrected chi connectivity index (χ0v) is 7.75. The van der Waals surface area contributed by atoms with Gasteiger partial charge in [-0.05, 0) is 12.8 Å². The standard InChI is InChI=1S/C9H14O4/c1-11-9-4-2-3-5-12-7(9)6-8(10)13-9/h7H,2-6H2,1H3. The minimum absolute atomic E-state index is 0.201. The van der Waals surface area contributed by atoms with Crippen molar-refractivity contribution < 1.29 is 19.0 Å². The molecule has 2 heterocycles. The molecule has 0 bridgehead atoms. The summed E-state index contributed by atoms with van der Waals surface area (Å²) < 4.78 is 16.0. The number of methoxy groups -OCH3 is 1. The van der Waals surface area contributed by atoms with E-state index in [9.17, 15) is 4.79 Å². The first kappa shape index (κ1) is 8.97. The second kappa shape index (κ2) is 3.27. The largest absolute Gasteiger partial charge is 0.430 e. The molecule has 0 aromatic heterocycles. The number of rotatable bonds is 1. The third-order valence-electron chi connectivity index (χ3n) is 2.71. The number of ether oxygens (including phenoxy) is 3. The third-order valence-corrected chi connectivity index (χ3v) is 2.71. The van der Waals surface area contributed by atoms with Crippen molar-refractivity contribution in [1.29, 1.82) is 0 Å². The zero-order valence-electron chi connectivity index (χ0n) is 7.75. The molecule has 0 aromatic carbocycles. The molecule has 0 N–H and O–H groups in total. The highest BCUT2D eigenvalue weighted by Crippen LogP contribution is 2.36. The van der Waals surface area contributed by atoms with Gasteiger partial charge in [-0.2, -0.15) is 0 Å². The Hall–Kier alpha value is -0.610. The second-order valence-electron chi connectivity index (χ2n) is 3.51. The van der Waals surface area contributed by atoms with Gasteiger partial charge >= 0.3 is 5.97 Å². The molecule has 0 saturated carbocycles. The molecule has 4 heteroatoms. The van der Waals surface area contributed by atoms with E-state index in [1.807, 2.05) is 0 Å². The van der Waals surface area contributed by atoms with E-state index < -0.39 is 5.79 Å². The third kappa shape index (κ3) is 1.44. The summed E-state index contributed by atoms with van der Waals surface area (Å²) in [4.78, 5) is 11.1. The summed E-state index contributed by atoms with van der Waals surface area (Å²) in [7, 11) is 1.57. The number of hydrogen-bond acceptors (Lipinski definition) is 4. The number of fused-ring (bicyclic) bond motifs is 1. The van der Waals surface area contributed by atoms with Crippen molar-refractivity contribution in [1.82, 2.24) is 0 Å². The highest BCUT2D eigenvalue weighted by molar-refractivity contribution is 5.73. The van der Waals surface area contributed by atoms with Crippen LogP contribution >= 0.6 is 0 Å². The fraction of sp³-hybridized carbons (Fsp3) is 0.889. The van der Waals surface area contributed by atoms with Crippen LogP contribution in [0.1, 0.15) is 25.7 Å². The maximum atomic E-state index is 11.1. The van der Waals surface area contributed by atoms with Crippen LogP contribution in [-0.4, -0.2) is 31.6 Å². The Kier molecular flexibility index (Phi) is 2.26. The SMILES string of the molecule is COC12CCCCOC1CC(=O)O2. The molecule has 0 aromatic rings. The summed E-state index contributed by atoms with van der Waals surface area (Å²) in [6, 6.07) is 0. The maximum Gasteiger partial charge on any atom is 0.311 e. The normalized spacial score (nSPS) is 39.5. The van der Waals surface area contributed by atoms with Gasteiger partial charge in [0.05, 0.1) is 6.42 Å². The van der Waals surface area contributed by atoms with E-state index in [-0.39, 0.29) is 12.1 Å². The Morgan fingerprint density at radius 2 is 2.38 bits per heavy atom. The van der Waals surface area contributed by atoms with Crippen LogP contribution in [0.15, 0.2) is 0 Å². The molecule has 2 aliphatic rings. The van der Waals surface area contributed by atoms with Gasteiger partial charge in [0.25, 0.3) is 0 Å². The monoisotopic (exact) mass is 186 g/mol. The highest BCUT2D eigenvalue weighted by Gasteiger charge is 2.51.